The number of thioether (sulfide) groups is 1. The summed E-state index contributed by atoms with van der Waals surface area (Å²) in [4.78, 5) is 34.7. The first-order chi connectivity index (χ1) is 12.6. The number of rotatable bonds is 7. The Labute approximate surface area is 156 Å². The highest BCUT2D eigenvalue weighted by Crippen LogP contribution is 2.15. The maximum Gasteiger partial charge on any atom is 0.271 e. The fourth-order valence-corrected chi connectivity index (χ4v) is 3.75. The summed E-state index contributed by atoms with van der Waals surface area (Å²) < 4.78 is 0. The molecule has 7 nitrogen and oxygen atoms in total. The van der Waals surface area contributed by atoms with Gasteiger partial charge in [-0.25, -0.2) is 4.98 Å². The van der Waals surface area contributed by atoms with E-state index in [-0.39, 0.29) is 11.8 Å². The molecule has 2 aromatic rings. The van der Waals surface area contributed by atoms with E-state index < -0.39 is 6.04 Å². The predicted molar refractivity (Wildman–Crippen MR) is 103 cm³/mol. The van der Waals surface area contributed by atoms with E-state index in [1.54, 1.807) is 11.8 Å². The number of hydrogen-bond donors (Lipinski definition) is 2. The number of hydrogen-bond acceptors (Lipinski definition) is 6. The Bertz CT molecular complexity index is 779. The molecule has 0 spiro atoms. The van der Waals surface area contributed by atoms with E-state index >= 15 is 0 Å². The number of carbonyl (C=O) groups is 2. The van der Waals surface area contributed by atoms with Gasteiger partial charge in [0.1, 0.15) is 5.69 Å². The van der Waals surface area contributed by atoms with Crippen LogP contribution in [0.2, 0.25) is 0 Å². The van der Waals surface area contributed by atoms with Crippen LogP contribution in [0.4, 0.5) is 0 Å². The second-order valence-electron chi connectivity index (χ2n) is 6.24. The standard InChI is InChI=1S/C18H23N5O2S/c19-13(18(25)23-9-10-26-12-23)5-3-4-8-20-17(24)16-11-21-14-6-1-2-7-15(14)22-16/h1-2,6-7,11,13H,3-5,8-10,12,19H2,(H,20,24)/t13-/m0/s1. The zero-order valence-corrected chi connectivity index (χ0v) is 15.4. The Balaban J connectivity index is 1.38. The molecule has 26 heavy (non-hydrogen) atoms. The van der Waals surface area contributed by atoms with Gasteiger partial charge in [0.25, 0.3) is 5.91 Å². The molecule has 1 aliphatic heterocycles. The highest BCUT2D eigenvalue weighted by atomic mass is 32.2. The Morgan fingerprint density at radius 3 is 2.85 bits per heavy atom. The molecule has 0 aliphatic carbocycles. The second-order valence-corrected chi connectivity index (χ2v) is 7.32. The van der Waals surface area contributed by atoms with Crippen molar-refractivity contribution in [2.45, 2.75) is 25.3 Å². The van der Waals surface area contributed by atoms with Crippen LogP contribution in [0, 0.1) is 0 Å². The number of aromatic nitrogens is 2. The number of nitrogens with one attached hydrogen (secondary N) is 1. The fourth-order valence-electron chi connectivity index (χ4n) is 2.79. The van der Waals surface area contributed by atoms with Crippen LogP contribution in [0.3, 0.4) is 0 Å². The van der Waals surface area contributed by atoms with Gasteiger partial charge in [-0.1, -0.05) is 12.1 Å². The maximum atomic E-state index is 12.2. The van der Waals surface area contributed by atoms with E-state index in [9.17, 15) is 9.59 Å². The van der Waals surface area contributed by atoms with Crippen LogP contribution >= 0.6 is 11.8 Å². The smallest absolute Gasteiger partial charge is 0.271 e. The lowest BCUT2D eigenvalue weighted by molar-refractivity contribution is -0.131. The van der Waals surface area contributed by atoms with Gasteiger partial charge >= 0.3 is 0 Å². The van der Waals surface area contributed by atoms with E-state index in [1.165, 1.54) is 6.20 Å². The minimum atomic E-state index is -0.448. The van der Waals surface area contributed by atoms with Crippen molar-refractivity contribution in [2.75, 3.05) is 24.7 Å². The highest BCUT2D eigenvalue weighted by molar-refractivity contribution is 7.99. The van der Waals surface area contributed by atoms with Crippen LogP contribution in [-0.4, -0.2) is 57.4 Å². The average Bonchev–Trinajstić information content (AvgIpc) is 3.21. The summed E-state index contributed by atoms with van der Waals surface area (Å²) in [6.45, 7) is 1.31. The maximum absolute atomic E-state index is 12.2. The third kappa shape index (κ3) is 4.70. The number of carbonyl (C=O) groups excluding carboxylic acids is 2. The molecule has 0 radical (unpaired) electrons. The van der Waals surface area contributed by atoms with Gasteiger partial charge in [0.05, 0.1) is 29.1 Å². The Hall–Kier alpha value is -2.19. The number of nitrogens with zero attached hydrogens (tertiary/aromatic N) is 3. The van der Waals surface area contributed by atoms with Crippen LogP contribution in [0.1, 0.15) is 29.8 Å². The predicted octanol–water partition coefficient (Wildman–Crippen LogP) is 1.39. The van der Waals surface area contributed by atoms with Crippen molar-refractivity contribution < 1.29 is 9.59 Å². The average molecular weight is 373 g/mol. The molecule has 0 saturated carbocycles. The summed E-state index contributed by atoms with van der Waals surface area (Å²) in [7, 11) is 0. The molecule has 1 atom stereocenters. The van der Waals surface area contributed by atoms with E-state index in [0.29, 0.717) is 24.2 Å². The molecule has 2 amide bonds. The molecule has 3 N–H and O–H groups in total. The molecule has 0 unspecified atom stereocenters. The molecular weight excluding hydrogens is 350 g/mol. The quantitative estimate of drug-likeness (QED) is 0.711. The molecule has 3 rings (SSSR count). The number of benzene rings is 1. The normalized spacial score (nSPS) is 15.2. The molecule has 2 heterocycles. The minimum absolute atomic E-state index is 0.0328. The molecule has 1 fully saturated rings. The number of nitrogens with two attached hydrogens (primary N) is 1. The Morgan fingerprint density at radius 1 is 1.27 bits per heavy atom. The number of para-hydroxylation sites is 2. The summed E-state index contributed by atoms with van der Waals surface area (Å²) in [5, 5.41) is 2.84. The molecule has 0 bridgehead atoms. The lowest BCUT2D eigenvalue weighted by atomic mass is 10.1. The molecule has 1 aromatic heterocycles. The SMILES string of the molecule is N[C@@H](CCCCNC(=O)c1cnc2ccccc2n1)C(=O)N1CCSC1. The van der Waals surface area contributed by atoms with E-state index in [0.717, 1.165) is 36.5 Å². The first kappa shape index (κ1) is 18.6. The van der Waals surface area contributed by atoms with Crippen LogP contribution in [0.15, 0.2) is 30.5 Å². The first-order valence-electron chi connectivity index (χ1n) is 8.77. The van der Waals surface area contributed by atoms with Crippen LogP contribution < -0.4 is 11.1 Å². The molecule has 1 aliphatic rings. The van der Waals surface area contributed by atoms with Crippen LogP contribution in [0.5, 0.6) is 0 Å². The molecule has 138 valence electrons. The zero-order valence-electron chi connectivity index (χ0n) is 14.6. The molecule has 8 heteroatoms. The lowest BCUT2D eigenvalue weighted by Gasteiger charge is -2.19. The third-order valence-corrected chi connectivity index (χ3v) is 5.26. The summed E-state index contributed by atoms with van der Waals surface area (Å²) in [5.74, 6) is 1.53. The van der Waals surface area contributed by atoms with Gasteiger partial charge in [-0.3, -0.25) is 14.6 Å². The van der Waals surface area contributed by atoms with Crippen molar-refractivity contribution in [3.05, 3.63) is 36.2 Å². The summed E-state index contributed by atoms with van der Waals surface area (Å²) in [6.07, 6.45) is 3.67. The summed E-state index contributed by atoms with van der Waals surface area (Å²) in [6, 6.07) is 6.99. The number of fused-ring (bicyclic) bond motifs is 1. The van der Waals surface area contributed by atoms with Crippen molar-refractivity contribution in [3.8, 4) is 0 Å². The van der Waals surface area contributed by atoms with Gasteiger partial charge < -0.3 is 16.0 Å². The van der Waals surface area contributed by atoms with Gasteiger partial charge in [0, 0.05) is 18.8 Å². The second kappa shape index (κ2) is 8.95. The van der Waals surface area contributed by atoms with Crippen molar-refractivity contribution in [1.82, 2.24) is 20.2 Å². The van der Waals surface area contributed by atoms with Gasteiger partial charge in [-0.2, -0.15) is 0 Å². The Kier molecular flexibility index (Phi) is 6.40. The summed E-state index contributed by atoms with van der Waals surface area (Å²) in [5.41, 5.74) is 7.75. The highest BCUT2D eigenvalue weighted by Gasteiger charge is 2.23. The van der Waals surface area contributed by atoms with Gasteiger partial charge in [-0.15, -0.1) is 11.8 Å². The van der Waals surface area contributed by atoms with Crippen LogP contribution in [-0.2, 0) is 4.79 Å². The number of amides is 2. The van der Waals surface area contributed by atoms with Crippen molar-refractivity contribution in [2.24, 2.45) is 5.73 Å². The summed E-state index contributed by atoms with van der Waals surface area (Å²) >= 11 is 1.75. The van der Waals surface area contributed by atoms with Crippen molar-refractivity contribution in [1.29, 1.82) is 0 Å². The zero-order chi connectivity index (χ0) is 18.4. The fraction of sp³-hybridized carbons (Fsp3) is 0.444. The van der Waals surface area contributed by atoms with Crippen molar-refractivity contribution in [3.63, 3.8) is 0 Å². The minimum Gasteiger partial charge on any atom is -0.351 e. The van der Waals surface area contributed by atoms with E-state index in [2.05, 4.69) is 15.3 Å². The first-order valence-corrected chi connectivity index (χ1v) is 9.93. The largest absolute Gasteiger partial charge is 0.351 e. The molecule has 1 aromatic carbocycles. The Morgan fingerprint density at radius 2 is 2.08 bits per heavy atom. The van der Waals surface area contributed by atoms with Gasteiger partial charge in [-0.05, 0) is 31.4 Å². The molecular formula is C18H23N5O2S. The van der Waals surface area contributed by atoms with Gasteiger partial charge in [0.2, 0.25) is 5.91 Å². The third-order valence-electron chi connectivity index (χ3n) is 4.29. The van der Waals surface area contributed by atoms with E-state index in [1.807, 2.05) is 29.2 Å². The van der Waals surface area contributed by atoms with Crippen molar-refractivity contribution >= 4 is 34.6 Å². The molecule has 1 saturated heterocycles. The van der Waals surface area contributed by atoms with E-state index in [4.69, 9.17) is 5.73 Å². The number of unbranched alkanes of at least 4 members (excludes halogenated alkanes) is 1. The van der Waals surface area contributed by atoms with Gasteiger partial charge in [0.15, 0.2) is 0 Å². The monoisotopic (exact) mass is 373 g/mol. The van der Waals surface area contributed by atoms with Crippen LogP contribution in [0.25, 0.3) is 11.0 Å². The topological polar surface area (TPSA) is 101 Å². The lowest BCUT2D eigenvalue weighted by Crippen LogP contribution is -2.42.